The zero-order valence-electron chi connectivity index (χ0n) is 11.7. The monoisotopic (exact) mass is 298 g/mol. The Morgan fingerprint density at radius 2 is 1.95 bits per heavy atom. The van der Waals surface area contributed by atoms with Crippen molar-refractivity contribution < 1.29 is 8.42 Å². The molecule has 3 rings (SSSR count). The molecule has 0 aromatic carbocycles. The zero-order valence-corrected chi connectivity index (χ0v) is 12.5. The summed E-state index contributed by atoms with van der Waals surface area (Å²) in [5.41, 5.74) is 6.91. The van der Waals surface area contributed by atoms with Crippen molar-refractivity contribution in [3.05, 3.63) is 11.3 Å². The fraction of sp³-hybridized carbons (Fsp3) is 0.769. The first-order valence-corrected chi connectivity index (χ1v) is 8.75. The van der Waals surface area contributed by atoms with Crippen LogP contribution in [0.3, 0.4) is 0 Å². The van der Waals surface area contributed by atoms with Crippen LogP contribution < -0.4 is 10.5 Å². The van der Waals surface area contributed by atoms with Crippen molar-refractivity contribution in [2.24, 2.45) is 23.5 Å². The molecule has 2 aliphatic carbocycles. The second-order valence-corrected chi connectivity index (χ2v) is 7.71. The highest BCUT2D eigenvalue weighted by atomic mass is 32.2. The third-order valence-corrected chi connectivity index (χ3v) is 5.85. The highest BCUT2D eigenvalue weighted by molar-refractivity contribution is 7.89. The minimum absolute atomic E-state index is 0.0582. The maximum atomic E-state index is 12.4. The van der Waals surface area contributed by atoms with Crippen molar-refractivity contribution >= 4 is 10.0 Å². The number of aromatic amines is 1. The summed E-state index contributed by atoms with van der Waals surface area (Å²) >= 11 is 0. The third-order valence-electron chi connectivity index (χ3n) is 4.46. The van der Waals surface area contributed by atoms with Gasteiger partial charge in [0.1, 0.15) is 0 Å². The normalized spacial score (nSPS) is 19.8. The smallest absolute Gasteiger partial charge is 0.260 e. The molecule has 1 aromatic heterocycles. The Morgan fingerprint density at radius 1 is 1.35 bits per heavy atom. The number of nitrogens with two attached hydrogens (primary N) is 1. The van der Waals surface area contributed by atoms with Crippen molar-refractivity contribution in [1.29, 1.82) is 0 Å². The van der Waals surface area contributed by atoms with E-state index in [2.05, 4.69) is 14.9 Å². The summed E-state index contributed by atoms with van der Waals surface area (Å²) in [4.78, 5) is 0. The Bertz CT molecular complexity index is 576. The summed E-state index contributed by atoms with van der Waals surface area (Å²) in [7, 11) is -3.56. The molecule has 0 atom stereocenters. The first-order valence-electron chi connectivity index (χ1n) is 7.26. The van der Waals surface area contributed by atoms with Gasteiger partial charge in [0.2, 0.25) is 0 Å². The van der Waals surface area contributed by atoms with E-state index >= 15 is 0 Å². The molecule has 0 amide bonds. The first-order chi connectivity index (χ1) is 9.53. The van der Waals surface area contributed by atoms with Gasteiger partial charge < -0.3 is 5.73 Å². The second kappa shape index (κ2) is 5.13. The van der Waals surface area contributed by atoms with E-state index < -0.39 is 10.0 Å². The Hall–Kier alpha value is -0.920. The molecule has 0 aliphatic heterocycles. The average molecular weight is 298 g/mol. The number of sulfonamides is 1. The lowest BCUT2D eigenvalue weighted by Crippen LogP contribution is -2.32. The van der Waals surface area contributed by atoms with Crippen LogP contribution in [0.1, 0.15) is 36.9 Å². The number of aryl methyl sites for hydroxylation is 1. The predicted molar refractivity (Wildman–Crippen MR) is 75.3 cm³/mol. The number of nitrogens with zero attached hydrogens (tertiary/aromatic N) is 1. The molecule has 112 valence electrons. The summed E-state index contributed by atoms with van der Waals surface area (Å²) in [6.07, 6.45) is 4.99. The number of aromatic nitrogens is 2. The van der Waals surface area contributed by atoms with Gasteiger partial charge in [0, 0.05) is 24.3 Å². The van der Waals surface area contributed by atoms with Gasteiger partial charge in [-0.05, 0) is 50.4 Å². The number of hydrogen-bond acceptors (Lipinski definition) is 4. The van der Waals surface area contributed by atoms with E-state index in [4.69, 9.17) is 5.73 Å². The SMILES string of the molecule is Cc1[nH]nc(S(=O)(=O)NCC(C2CC2)C2CC2)c1CN. The quantitative estimate of drug-likeness (QED) is 0.696. The fourth-order valence-electron chi connectivity index (χ4n) is 2.93. The van der Waals surface area contributed by atoms with Crippen LogP contribution in [-0.2, 0) is 16.6 Å². The van der Waals surface area contributed by atoms with Gasteiger partial charge in [-0.1, -0.05) is 0 Å². The van der Waals surface area contributed by atoms with Gasteiger partial charge in [0.25, 0.3) is 10.0 Å². The van der Waals surface area contributed by atoms with Crippen LogP contribution in [0.4, 0.5) is 0 Å². The lowest BCUT2D eigenvalue weighted by molar-refractivity contribution is 0.401. The lowest BCUT2D eigenvalue weighted by atomic mass is 9.99. The first kappa shape index (κ1) is 14.0. The van der Waals surface area contributed by atoms with Gasteiger partial charge in [0.15, 0.2) is 5.03 Å². The number of rotatable bonds is 7. The lowest BCUT2D eigenvalue weighted by Gasteiger charge is -2.16. The van der Waals surface area contributed by atoms with E-state index in [1.54, 1.807) is 6.92 Å². The van der Waals surface area contributed by atoms with Gasteiger partial charge >= 0.3 is 0 Å². The molecule has 2 saturated carbocycles. The average Bonchev–Trinajstić information content (AvgIpc) is 3.29. The Balaban J connectivity index is 1.71. The molecule has 1 heterocycles. The van der Waals surface area contributed by atoms with E-state index in [0.29, 0.717) is 23.7 Å². The predicted octanol–water partition coefficient (Wildman–Crippen LogP) is 0.891. The van der Waals surface area contributed by atoms with E-state index in [-0.39, 0.29) is 11.6 Å². The fourth-order valence-corrected chi connectivity index (χ4v) is 4.21. The van der Waals surface area contributed by atoms with E-state index in [1.807, 2.05) is 0 Å². The molecule has 0 saturated heterocycles. The van der Waals surface area contributed by atoms with Crippen LogP contribution in [0.5, 0.6) is 0 Å². The van der Waals surface area contributed by atoms with Crippen molar-refractivity contribution in [1.82, 2.24) is 14.9 Å². The highest BCUT2D eigenvalue weighted by Crippen LogP contribution is 2.48. The van der Waals surface area contributed by atoms with Crippen LogP contribution in [-0.4, -0.2) is 25.2 Å². The van der Waals surface area contributed by atoms with E-state index in [0.717, 1.165) is 11.8 Å². The van der Waals surface area contributed by atoms with Crippen LogP contribution >= 0.6 is 0 Å². The van der Waals surface area contributed by atoms with Gasteiger partial charge in [0.05, 0.1) is 0 Å². The van der Waals surface area contributed by atoms with Crippen molar-refractivity contribution in [3.63, 3.8) is 0 Å². The van der Waals surface area contributed by atoms with Crippen LogP contribution in [0.15, 0.2) is 5.03 Å². The van der Waals surface area contributed by atoms with Crippen molar-refractivity contribution in [2.45, 2.75) is 44.2 Å². The van der Waals surface area contributed by atoms with Crippen LogP contribution in [0.25, 0.3) is 0 Å². The molecule has 6 nitrogen and oxygen atoms in total. The molecule has 4 N–H and O–H groups in total. The maximum absolute atomic E-state index is 12.4. The summed E-state index contributed by atoms with van der Waals surface area (Å²) in [5.74, 6) is 1.95. The molecule has 7 heteroatoms. The standard InChI is InChI=1S/C13H22N4O2S/c1-8-11(6-14)13(17-16-8)20(18,19)15-7-12(9-2-3-9)10-4-5-10/h9-10,12,15H,2-7,14H2,1H3,(H,16,17). The molecule has 0 radical (unpaired) electrons. The minimum Gasteiger partial charge on any atom is -0.326 e. The van der Waals surface area contributed by atoms with Crippen LogP contribution in [0, 0.1) is 24.7 Å². The van der Waals surface area contributed by atoms with Gasteiger partial charge in [-0.25, -0.2) is 13.1 Å². The van der Waals surface area contributed by atoms with E-state index in [1.165, 1.54) is 25.7 Å². The molecular weight excluding hydrogens is 276 g/mol. The van der Waals surface area contributed by atoms with Crippen molar-refractivity contribution in [3.8, 4) is 0 Å². The number of H-pyrrole nitrogens is 1. The molecule has 2 aliphatic rings. The summed E-state index contributed by atoms with van der Waals surface area (Å²) in [6, 6.07) is 0. The molecule has 2 fully saturated rings. The maximum Gasteiger partial charge on any atom is 0.260 e. The van der Waals surface area contributed by atoms with Crippen molar-refractivity contribution in [2.75, 3.05) is 6.54 Å². The van der Waals surface area contributed by atoms with E-state index in [9.17, 15) is 8.42 Å². The molecular formula is C13H22N4O2S. The highest BCUT2D eigenvalue weighted by Gasteiger charge is 2.41. The summed E-state index contributed by atoms with van der Waals surface area (Å²) < 4.78 is 27.5. The summed E-state index contributed by atoms with van der Waals surface area (Å²) in [5, 5.41) is 6.66. The largest absolute Gasteiger partial charge is 0.326 e. The zero-order chi connectivity index (χ0) is 14.3. The van der Waals surface area contributed by atoms with Gasteiger partial charge in [-0.3, -0.25) is 5.10 Å². The molecule has 0 spiro atoms. The molecule has 1 aromatic rings. The number of nitrogens with one attached hydrogen (secondary N) is 2. The van der Waals surface area contributed by atoms with Crippen LogP contribution in [0.2, 0.25) is 0 Å². The Labute approximate surface area is 119 Å². The Morgan fingerprint density at radius 3 is 2.45 bits per heavy atom. The Kier molecular flexibility index (Phi) is 3.60. The second-order valence-electron chi connectivity index (χ2n) is 6.03. The number of hydrogen-bond donors (Lipinski definition) is 3. The minimum atomic E-state index is -3.56. The van der Waals surface area contributed by atoms with Gasteiger partial charge in [-0.15, -0.1) is 0 Å². The molecule has 20 heavy (non-hydrogen) atoms. The third kappa shape index (κ3) is 2.75. The summed E-state index contributed by atoms with van der Waals surface area (Å²) in [6.45, 7) is 2.49. The molecule has 0 unspecified atom stereocenters. The molecule has 0 bridgehead atoms. The van der Waals surface area contributed by atoms with Gasteiger partial charge in [-0.2, -0.15) is 5.10 Å². The topological polar surface area (TPSA) is 101 Å².